The molecule has 0 heterocycles. The Morgan fingerprint density at radius 1 is 0.840 bits per heavy atom. The molecule has 25 heavy (non-hydrogen) atoms. The molecule has 3 aromatic rings. The van der Waals surface area contributed by atoms with Crippen LogP contribution < -0.4 is 0 Å². The summed E-state index contributed by atoms with van der Waals surface area (Å²) in [6.45, 7) is 10.9. The average molecular weight is 353 g/mol. The summed E-state index contributed by atoms with van der Waals surface area (Å²) in [5, 5.41) is 13.5. The van der Waals surface area contributed by atoms with Crippen LogP contribution in [0.5, 0.6) is 5.75 Å². The van der Waals surface area contributed by atoms with Crippen molar-refractivity contribution in [1.82, 2.24) is 0 Å². The van der Waals surface area contributed by atoms with Crippen LogP contribution in [0.2, 0.25) is 0 Å². The van der Waals surface area contributed by atoms with Gasteiger partial charge in [0.1, 0.15) is 5.75 Å². The molecule has 0 aromatic heterocycles. The smallest absolute Gasteiger partial charge is 0.131 e. The maximum absolute atomic E-state index is 11.1. The highest BCUT2D eigenvalue weighted by Crippen LogP contribution is 2.65. The lowest BCUT2D eigenvalue weighted by atomic mass is 10.0. The van der Waals surface area contributed by atoms with Gasteiger partial charge in [0, 0.05) is 4.90 Å². The number of hydrogen-bond acceptors (Lipinski definition) is 1. The summed E-state index contributed by atoms with van der Waals surface area (Å²) in [5.41, 5.74) is 3.59. The van der Waals surface area contributed by atoms with E-state index in [-0.39, 0.29) is 0 Å². The fraction of sp³-hybridized carbons (Fsp3) is 0.304. The van der Waals surface area contributed by atoms with Gasteiger partial charge in [0.15, 0.2) is 0 Å². The molecule has 1 N–H and O–H groups in total. The van der Waals surface area contributed by atoms with E-state index < -0.39 is 10.0 Å². The molecule has 1 nitrogen and oxygen atoms in total. The van der Waals surface area contributed by atoms with Crippen LogP contribution in [0.15, 0.2) is 58.3 Å². The van der Waals surface area contributed by atoms with E-state index in [0.717, 1.165) is 27.4 Å². The summed E-state index contributed by atoms with van der Waals surface area (Å²) in [6, 6.07) is 17.5. The van der Waals surface area contributed by atoms with Crippen molar-refractivity contribution in [3.8, 4) is 5.75 Å². The molecule has 0 fully saturated rings. The summed E-state index contributed by atoms with van der Waals surface area (Å²) in [5.74, 6) is 2.56. The van der Waals surface area contributed by atoms with Gasteiger partial charge in [-0.15, -0.1) is 0 Å². The molecule has 0 atom stereocenters. The molecular formula is C23H28OS. The summed E-state index contributed by atoms with van der Waals surface area (Å²) in [7, 11) is -1.27. The average Bonchev–Trinajstić information content (AvgIpc) is 2.60. The third kappa shape index (κ3) is 2.93. The second kappa shape index (κ2) is 6.76. The van der Waals surface area contributed by atoms with Crippen molar-refractivity contribution in [2.24, 2.45) is 0 Å². The molecule has 0 aliphatic carbocycles. The molecule has 0 unspecified atom stereocenters. The Balaban J connectivity index is 2.35. The summed E-state index contributed by atoms with van der Waals surface area (Å²) < 4.78 is 0. The van der Waals surface area contributed by atoms with E-state index in [0.29, 0.717) is 5.75 Å². The van der Waals surface area contributed by atoms with Crippen molar-refractivity contribution in [3.05, 3.63) is 65.2 Å². The maximum Gasteiger partial charge on any atom is 0.131 e. The first-order valence-corrected chi connectivity index (χ1v) is 11.0. The van der Waals surface area contributed by atoms with E-state index in [2.05, 4.69) is 70.2 Å². The number of hydrogen-bond donors (Lipinski definition) is 1. The summed E-state index contributed by atoms with van der Waals surface area (Å²) >= 11 is 0. The van der Waals surface area contributed by atoms with Gasteiger partial charge in [0.05, 0.1) is 0 Å². The van der Waals surface area contributed by atoms with Crippen LogP contribution in [0.3, 0.4) is 0 Å². The van der Waals surface area contributed by atoms with Gasteiger partial charge in [-0.1, -0.05) is 44.2 Å². The van der Waals surface area contributed by atoms with E-state index in [1.54, 1.807) is 0 Å². The Labute approximate surface area is 153 Å². The molecule has 0 saturated carbocycles. The lowest BCUT2D eigenvalue weighted by molar-refractivity contribution is 0.458. The van der Waals surface area contributed by atoms with Crippen molar-refractivity contribution >= 4 is 20.8 Å². The lowest BCUT2D eigenvalue weighted by Gasteiger charge is -2.40. The standard InChI is InChI=1S/C23H28OS/c1-6-25(7-2,20-13-16(3)12-17(4)14-20)22-15-19-10-8-9-11-21(19)18(5)23(22)24/h8-15,24H,6-7H2,1-5H3. The number of rotatable bonds is 4. The highest BCUT2D eigenvalue weighted by molar-refractivity contribution is 8.33. The maximum atomic E-state index is 11.1. The van der Waals surface area contributed by atoms with Gasteiger partial charge in [-0.25, -0.2) is 0 Å². The van der Waals surface area contributed by atoms with Gasteiger partial charge < -0.3 is 5.11 Å². The fourth-order valence-corrected chi connectivity index (χ4v) is 7.57. The largest absolute Gasteiger partial charge is 0.507 e. The molecule has 2 heteroatoms. The van der Waals surface area contributed by atoms with Crippen LogP contribution >= 0.6 is 10.0 Å². The number of aromatic hydroxyl groups is 1. The molecule has 3 rings (SSSR count). The molecule has 0 aliphatic heterocycles. The lowest BCUT2D eigenvalue weighted by Crippen LogP contribution is -2.09. The topological polar surface area (TPSA) is 20.2 Å². The molecule has 0 bridgehead atoms. The van der Waals surface area contributed by atoms with Gasteiger partial charge in [-0.2, -0.15) is 10.0 Å². The molecule has 0 saturated heterocycles. The van der Waals surface area contributed by atoms with E-state index in [1.165, 1.54) is 21.4 Å². The van der Waals surface area contributed by atoms with Crippen LogP contribution in [0.25, 0.3) is 10.8 Å². The second-order valence-corrected chi connectivity index (χ2v) is 10.7. The zero-order chi connectivity index (χ0) is 18.2. The monoisotopic (exact) mass is 352 g/mol. The summed E-state index contributed by atoms with van der Waals surface area (Å²) in [4.78, 5) is 2.53. The Morgan fingerprint density at radius 3 is 2.04 bits per heavy atom. The Kier molecular flexibility index (Phi) is 4.83. The van der Waals surface area contributed by atoms with E-state index in [1.807, 2.05) is 13.0 Å². The molecule has 0 radical (unpaired) electrons. The zero-order valence-corrected chi connectivity index (χ0v) is 16.7. The Morgan fingerprint density at radius 2 is 1.44 bits per heavy atom. The van der Waals surface area contributed by atoms with Crippen molar-refractivity contribution in [2.75, 3.05) is 11.5 Å². The normalized spacial score (nSPS) is 12.5. The molecule has 132 valence electrons. The Hall–Kier alpha value is -1.93. The Bertz CT molecular complexity index is 903. The zero-order valence-electron chi connectivity index (χ0n) is 15.9. The quantitative estimate of drug-likeness (QED) is 0.551. The first kappa shape index (κ1) is 17.9. The third-order valence-electron chi connectivity index (χ3n) is 5.29. The number of phenolic OH excluding ortho intramolecular Hbond substituents is 1. The van der Waals surface area contributed by atoms with Crippen molar-refractivity contribution in [2.45, 2.75) is 44.4 Å². The van der Waals surface area contributed by atoms with Crippen molar-refractivity contribution in [1.29, 1.82) is 0 Å². The van der Waals surface area contributed by atoms with Crippen LogP contribution in [0.4, 0.5) is 0 Å². The second-order valence-electron chi connectivity index (χ2n) is 6.85. The van der Waals surface area contributed by atoms with E-state index >= 15 is 0 Å². The van der Waals surface area contributed by atoms with Crippen LogP contribution in [-0.4, -0.2) is 16.6 Å². The first-order chi connectivity index (χ1) is 11.9. The SMILES string of the molecule is CCS(CC)(c1cc(C)cc(C)c1)c1cc2ccccc2c(C)c1O. The third-order valence-corrected chi connectivity index (χ3v) is 9.56. The van der Waals surface area contributed by atoms with Gasteiger partial charge in [-0.3, -0.25) is 0 Å². The predicted molar refractivity (Wildman–Crippen MR) is 111 cm³/mol. The van der Waals surface area contributed by atoms with Gasteiger partial charge >= 0.3 is 0 Å². The molecule has 0 aliphatic rings. The van der Waals surface area contributed by atoms with Crippen LogP contribution in [0, 0.1) is 20.8 Å². The highest BCUT2D eigenvalue weighted by atomic mass is 32.3. The van der Waals surface area contributed by atoms with E-state index in [9.17, 15) is 5.11 Å². The highest BCUT2D eigenvalue weighted by Gasteiger charge is 2.29. The number of aryl methyl sites for hydroxylation is 3. The van der Waals surface area contributed by atoms with E-state index in [4.69, 9.17) is 0 Å². The molecular weight excluding hydrogens is 324 g/mol. The number of phenols is 1. The predicted octanol–water partition coefficient (Wildman–Crippen LogP) is 6.73. The minimum Gasteiger partial charge on any atom is -0.507 e. The number of benzene rings is 3. The van der Waals surface area contributed by atoms with Crippen LogP contribution in [0.1, 0.15) is 30.5 Å². The first-order valence-electron chi connectivity index (χ1n) is 9.01. The molecule has 0 amide bonds. The van der Waals surface area contributed by atoms with Gasteiger partial charge in [0.2, 0.25) is 0 Å². The summed E-state index contributed by atoms with van der Waals surface area (Å²) in [6.07, 6.45) is 0. The molecule has 3 aromatic carbocycles. The van der Waals surface area contributed by atoms with Gasteiger partial charge in [-0.05, 0) is 82.8 Å². The number of fused-ring (bicyclic) bond motifs is 1. The van der Waals surface area contributed by atoms with Gasteiger partial charge in [0.25, 0.3) is 0 Å². The minimum atomic E-state index is -1.27. The van der Waals surface area contributed by atoms with Crippen molar-refractivity contribution in [3.63, 3.8) is 0 Å². The fourth-order valence-electron chi connectivity index (χ4n) is 3.92. The molecule has 0 spiro atoms. The van der Waals surface area contributed by atoms with Crippen molar-refractivity contribution < 1.29 is 5.11 Å². The minimum absolute atomic E-state index is 0.483. The van der Waals surface area contributed by atoms with Crippen LogP contribution in [-0.2, 0) is 0 Å².